The predicted molar refractivity (Wildman–Crippen MR) is 82.4 cm³/mol. The number of nitrogens with one attached hydrogen (secondary N) is 1. The Morgan fingerprint density at radius 3 is 2.67 bits per heavy atom. The van der Waals surface area contributed by atoms with Gasteiger partial charge in [-0.25, -0.2) is 13.1 Å². The van der Waals surface area contributed by atoms with E-state index >= 15 is 0 Å². The lowest BCUT2D eigenvalue weighted by Gasteiger charge is -2.19. The third-order valence-corrected chi connectivity index (χ3v) is 5.29. The maximum Gasteiger partial charge on any atom is 0.241 e. The first kappa shape index (κ1) is 14.3. The van der Waals surface area contributed by atoms with Gasteiger partial charge in [0.1, 0.15) is 0 Å². The summed E-state index contributed by atoms with van der Waals surface area (Å²) in [7, 11) is -3.57. The molecule has 3 N–H and O–H groups in total. The summed E-state index contributed by atoms with van der Waals surface area (Å²) in [6.07, 6.45) is 0.692. The fourth-order valence-electron chi connectivity index (χ4n) is 2.79. The lowest BCUT2D eigenvalue weighted by Crippen LogP contribution is -2.38. The van der Waals surface area contributed by atoms with Gasteiger partial charge in [-0.05, 0) is 42.2 Å². The van der Waals surface area contributed by atoms with Crippen molar-refractivity contribution in [3.8, 4) is 0 Å². The second kappa shape index (κ2) is 5.26. The minimum Gasteiger partial charge on any atom is -0.326 e. The van der Waals surface area contributed by atoms with E-state index in [9.17, 15) is 8.42 Å². The molecule has 21 heavy (non-hydrogen) atoms. The zero-order valence-electron chi connectivity index (χ0n) is 11.8. The summed E-state index contributed by atoms with van der Waals surface area (Å²) in [5.41, 5.74) is 9.11. The molecule has 2 aromatic rings. The molecular weight excluding hydrogens is 284 g/mol. The quantitative estimate of drug-likeness (QED) is 0.909. The predicted octanol–water partition coefficient (Wildman–Crippen LogP) is 1.90. The second-order valence-electron chi connectivity index (χ2n) is 5.48. The average Bonchev–Trinajstić information content (AvgIpc) is 2.75. The van der Waals surface area contributed by atoms with Crippen LogP contribution in [0.25, 0.3) is 0 Å². The Morgan fingerprint density at radius 2 is 1.90 bits per heavy atom. The van der Waals surface area contributed by atoms with E-state index in [2.05, 4.69) is 4.72 Å². The largest absolute Gasteiger partial charge is 0.326 e. The lowest BCUT2D eigenvalue weighted by atomic mass is 10.1. The Hall–Kier alpha value is -1.69. The van der Waals surface area contributed by atoms with E-state index in [0.29, 0.717) is 6.42 Å². The van der Waals surface area contributed by atoms with Crippen LogP contribution in [0.15, 0.2) is 53.4 Å². The van der Waals surface area contributed by atoms with Crippen LogP contribution in [0.3, 0.4) is 0 Å². The van der Waals surface area contributed by atoms with Crippen LogP contribution in [0.5, 0.6) is 0 Å². The summed E-state index contributed by atoms with van der Waals surface area (Å²) in [6.45, 7) is 1.87. The molecule has 1 aliphatic rings. The van der Waals surface area contributed by atoms with Crippen LogP contribution < -0.4 is 10.5 Å². The fourth-order valence-corrected chi connectivity index (χ4v) is 4.17. The first-order chi connectivity index (χ1) is 9.97. The molecule has 0 aliphatic heterocycles. The van der Waals surface area contributed by atoms with Gasteiger partial charge < -0.3 is 5.73 Å². The van der Waals surface area contributed by atoms with Crippen molar-refractivity contribution in [1.82, 2.24) is 4.72 Å². The SMILES string of the molecule is Cc1cccc(S(=O)(=O)NC2c3ccccc3CC2N)c1. The van der Waals surface area contributed by atoms with E-state index < -0.39 is 10.0 Å². The molecular formula is C16H18N2O2S. The lowest BCUT2D eigenvalue weighted by molar-refractivity contribution is 0.518. The Balaban J connectivity index is 1.93. The monoisotopic (exact) mass is 302 g/mol. The summed E-state index contributed by atoms with van der Waals surface area (Å²) in [6, 6.07) is 14.1. The molecule has 4 nitrogen and oxygen atoms in total. The third-order valence-electron chi connectivity index (χ3n) is 3.86. The van der Waals surface area contributed by atoms with E-state index in [1.165, 1.54) is 0 Å². The van der Waals surface area contributed by atoms with Gasteiger partial charge in [0.2, 0.25) is 10.0 Å². The van der Waals surface area contributed by atoms with E-state index in [-0.39, 0.29) is 17.0 Å². The highest BCUT2D eigenvalue weighted by Gasteiger charge is 2.33. The van der Waals surface area contributed by atoms with E-state index in [0.717, 1.165) is 16.7 Å². The van der Waals surface area contributed by atoms with Crippen molar-refractivity contribution in [1.29, 1.82) is 0 Å². The van der Waals surface area contributed by atoms with Crippen molar-refractivity contribution in [3.63, 3.8) is 0 Å². The highest BCUT2D eigenvalue weighted by molar-refractivity contribution is 7.89. The molecule has 0 spiro atoms. The molecule has 0 heterocycles. The fraction of sp³-hybridized carbons (Fsp3) is 0.250. The van der Waals surface area contributed by atoms with Crippen molar-refractivity contribution in [2.75, 3.05) is 0 Å². The summed E-state index contributed by atoms with van der Waals surface area (Å²) in [5.74, 6) is 0. The highest BCUT2D eigenvalue weighted by atomic mass is 32.2. The molecule has 2 unspecified atom stereocenters. The number of rotatable bonds is 3. The van der Waals surface area contributed by atoms with Crippen molar-refractivity contribution in [3.05, 3.63) is 65.2 Å². The Bertz CT molecular complexity index is 771. The molecule has 110 valence electrons. The molecule has 3 rings (SSSR count). The molecule has 5 heteroatoms. The Morgan fingerprint density at radius 1 is 1.14 bits per heavy atom. The van der Waals surface area contributed by atoms with Gasteiger partial charge in [-0.1, -0.05) is 36.4 Å². The van der Waals surface area contributed by atoms with E-state index in [4.69, 9.17) is 5.73 Å². The molecule has 0 amide bonds. The normalized spacial score (nSPS) is 21.2. The van der Waals surface area contributed by atoms with Gasteiger partial charge in [0.15, 0.2) is 0 Å². The topological polar surface area (TPSA) is 72.2 Å². The van der Waals surface area contributed by atoms with Crippen LogP contribution in [-0.4, -0.2) is 14.5 Å². The second-order valence-corrected chi connectivity index (χ2v) is 7.20. The van der Waals surface area contributed by atoms with Crippen molar-refractivity contribution in [2.45, 2.75) is 30.3 Å². The Labute approximate surface area is 125 Å². The van der Waals surface area contributed by atoms with Crippen LogP contribution in [0, 0.1) is 6.92 Å². The van der Waals surface area contributed by atoms with E-state index in [1.54, 1.807) is 18.2 Å². The van der Waals surface area contributed by atoms with Gasteiger partial charge in [0, 0.05) is 6.04 Å². The van der Waals surface area contributed by atoms with Gasteiger partial charge in [-0.3, -0.25) is 0 Å². The number of sulfonamides is 1. The number of aryl methyl sites for hydroxylation is 1. The van der Waals surface area contributed by atoms with Gasteiger partial charge in [0.05, 0.1) is 10.9 Å². The van der Waals surface area contributed by atoms with Crippen LogP contribution in [0.4, 0.5) is 0 Å². The van der Waals surface area contributed by atoms with Crippen LogP contribution >= 0.6 is 0 Å². The van der Waals surface area contributed by atoms with Crippen molar-refractivity contribution < 1.29 is 8.42 Å². The number of nitrogens with two attached hydrogens (primary N) is 1. The van der Waals surface area contributed by atoms with Gasteiger partial charge in [-0.15, -0.1) is 0 Å². The van der Waals surface area contributed by atoms with E-state index in [1.807, 2.05) is 37.3 Å². The van der Waals surface area contributed by atoms with Crippen LogP contribution in [0.2, 0.25) is 0 Å². The third kappa shape index (κ3) is 2.72. The summed E-state index contributed by atoms with van der Waals surface area (Å²) in [5, 5.41) is 0. The molecule has 0 bridgehead atoms. The maximum absolute atomic E-state index is 12.5. The maximum atomic E-state index is 12.5. The zero-order chi connectivity index (χ0) is 15.0. The first-order valence-corrected chi connectivity index (χ1v) is 8.38. The summed E-state index contributed by atoms with van der Waals surface area (Å²) < 4.78 is 27.8. The van der Waals surface area contributed by atoms with Crippen molar-refractivity contribution in [2.24, 2.45) is 5.73 Å². The Kier molecular flexibility index (Phi) is 3.57. The molecule has 1 aliphatic carbocycles. The first-order valence-electron chi connectivity index (χ1n) is 6.90. The van der Waals surface area contributed by atoms with Crippen LogP contribution in [0.1, 0.15) is 22.7 Å². The number of fused-ring (bicyclic) bond motifs is 1. The minimum atomic E-state index is -3.57. The number of hydrogen-bond acceptors (Lipinski definition) is 3. The number of hydrogen-bond donors (Lipinski definition) is 2. The smallest absolute Gasteiger partial charge is 0.241 e. The summed E-state index contributed by atoms with van der Waals surface area (Å²) in [4.78, 5) is 0.277. The van der Waals surface area contributed by atoms with Gasteiger partial charge in [0.25, 0.3) is 0 Å². The highest BCUT2D eigenvalue weighted by Crippen LogP contribution is 2.31. The van der Waals surface area contributed by atoms with Crippen molar-refractivity contribution >= 4 is 10.0 Å². The molecule has 2 atom stereocenters. The molecule has 0 saturated carbocycles. The summed E-state index contributed by atoms with van der Waals surface area (Å²) >= 11 is 0. The molecule has 0 fully saturated rings. The zero-order valence-corrected chi connectivity index (χ0v) is 12.6. The number of benzene rings is 2. The molecule has 0 saturated heterocycles. The van der Waals surface area contributed by atoms with Gasteiger partial charge in [-0.2, -0.15) is 0 Å². The molecule has 0 aromatic heterocycles. The minimum absolute atomic E-state index is 0.234. The standard InChI is InChI=1S/C16H18N2O2S/c1-11-5-4-7-13(9-11)21(19,20)18-16-14-8-3-2-6-12(14)10-15(16)17/h2-9,15-16,18H,10,17H2,1H3. The molecule has 0 radical (unpaired) electrons. The average molecular weight is 302 g/mol. The van der Waals surface area contributed by atoms with Crippen LogP contribution in [-0.2, 0) is 16.4 Å². The molecule has 2 aromatic carbocycles. The van der Waals surface area contributed by atoms with Gasteiger partial charge >= 0.3 is 0 Å².